The quantitative estimate of drug-likeness (QED) is 0.678. The van der Waals surface area contributed by atoms with Gasteiger partial charge < -0.3 is 4.90 Å². The zero-order valence-electron chi connectivity index (χ0n) is 15.0. The highest BCUT2D eigenvalue weighted by molar-refractivity contribution is 7.09. The lowest BCUT2D eigenvalue weighted by molar-refractivity contribution is -0.130. The molecule has 0 atom stereocenters. The fourth-order valence-electron chi connectivity index (χ4n) is 3.60. The topological polar surface area (TPSA) is 64.3 Å². The smallest absolute Gasteiger partial charge is 0.331 e. The Morgan fingerprint density at radius 1 is 1.00 bits per heavy atom. The van der Waals surface area contributed by atoms with Crippen LogP contribution in [-0.4, -0.2) is 33.0 Å². The van der Waals surface area contributed by atoms with Crippen LogP contribution in [0.3, 0.4) is 0 Å². The highest BCUT2D eigenvalue weighted by Gasteiger charge is 2.21. The van der Waals surface area contributed by atoms with Gasteiger partial charge in [0.2, 0.25) is 5.91 Å². The molecular weight excluding hydrogens is 362 g/mol. The van der Waals surface area contributed by atoms with Crippen molar-refractivity contribution in [3.8, 4) is 0 Å². The molecule has 0 N–H and O–H groups in total. The molecule has 0 spiro atoms. The Hall–Kier alpha value is -2.67. The lowest BCUT2D eigenvalue weighted by Gasteiger charge is -2.18. The minimum Gasteiger partial charge on any atom is -0.341 e. The Labute approximate surface area is 160 Å². The fourth-order valence-corrected chi connectivity index (χ4v) is 4.30. The molecule has 1 amide bonds. The van der Waals surface area contributed by atoms with E-state index in [0.717, 1.165) is 30.8 Å². The predicted molar refractivity (Wildman–Crippen MR) is 106 cm³/mol. The van der Waals surface area contributed by atoms with E-state index >= 15 is 0 Å². The third kappa shape index (κ3) is 3.47. The molecule has 0 bridgehead atoms. The Morgan fingerprint density at radius 3 is 2.52 bits per heavy atom. The second kappa shape index (κ2) is 7.52. The Kier molecular flexibility index (Phi) is 4.94. The SMILES string of the molecule is O=C(Cn1c(=O)n(CCc2cccs2)c(=O)c2ccccc21)N1CCCC1. The number of amides is 1. The standard InChI is InChI=1S/C20H21N3O3S/c24-18(21-10-3-4-11-21)14-23-17-8-2-1-7-16(17)19(25)22(20(23)26)12-9-15-6-5-13-27-15/h1-2,5-8,13H,3-4,9-12,14H2. The number of hydrogen-bond donors (Lipinski definition) is 0. The Balaban J connectivity index is 1.75. The molecule has 140 valence electrons. The molecule has 7 heteroatoms. The predicted octanol–water partition coefficient (Wildman–Crippen LogP) is 2.09. The van der Waals surface area contributed by atoms with Gasteiger partial charge in [0, 0.05) is 24.5 Å². The molecule has 1 aromatic carbocycles. The fraction of sp³-hybridized carbons (Fsp3) is 0.350. The highest BCUT2D eigenvalue weighted by atomic mass is 32.1. The van der Waals surface area contributed by atoms with E-state index in [1.807, 2.05) is 17.5 Å². The summed E-state index contributed by atoms with van der Waals surface area (Å²) in [6, 6.07) is 11.0. The lowest BCUT2D eigenvalue weighted by atomic mass is 10.2. The maximum Gasteiger partial charge on any atom is 0.331 e. The molecule has 6 nitrogen and oxygen atoms in total. The second-order valence-corrected chi connectivity index (χ2v) is 7.79. The maximum absolute atomic E-state index is 13.1. The largest absolute Gasteiger partial charge is 0.341 e. The van der Waals surface area contributed by atoms with Crippen LogP contribution in [0.4, 0.5) is 0 Å². The van der Waals surface area contributed by atoms with E-state index in [0.29, 0.717) is 23.9 Å². The minimum atomic E-state index is -0.414. The summed E-state index contributed by atoms with van der Waals surface area (Å²) in [6.07, 6.45) is 2.62. The van der Waals surface area contributed by atoms with Crippen molar-refractivity contribution < 1.29 is 4.79 Å². The first-order valence-corrected chi connectivity index (χ1v) is 10.1. The van der Waals surface area contributed by atoms with Gasteiger partial charge in [-0.15, -0.1) is 11.3 Å². The van der Waals surface area contributed by atoms with Gasteiger partial charge in [-0.2, -0.15) is 0 Å². The molecule has 4 rings (SSSR count). The number of thiophene rings is 1. The van der Waals surface area contributed by atoms with Crippen molar-refractivity contribution in [1.82, 2.24) is 14.0 Å². The number of aryl methyl sites for hydroxylation is 1. The normalized spacial score (nSPS) is 14.1. The number of benzene rings is 1. The Bertz CT molecular complexity index is 1080. The average molecular weight is 383 g/mol. The van der Waals surface area contributed by atoms with Gasteiger partial charge >= 0.3 is 5.69 Å². The number of likely N-dealkylation sites (tertiary alicyclic amines) is 1. The molecule has 0 unspecified atom stereocenters. The van der Waals surface area contributed by atoms with Crippen LogP contribution in [0, 0.1) is 0 Å². The summed E-state index contributed by atoms with van der Waals surface area (Å²) in [6.45, 7) is 1.76. The molecule has 27 heavy (non-hydrogen) atoms. The van der Waals surface area contributed by atoms with Crippen LogP contribution in [-0.2, 0) is 24.3 Å². The molecule has 1 saturated heterocycles. The van der Waals surface area contributed by atoms with E-state index in [4.69, 9.17) is 0 Å². The molecule has 0 saturated carbocycles. The Morgan fingerprint density at radius 2 is 1.78 bits per heavy atom. The van der Waals surface area contributed by atoms with E-state index in [-0.39, 0.29) is 18.0 Å². The number of carbonyl (C=O) groups excluding carboxylic acids is 1. The zero-order valence-corrected chi connectivity index (χ0v) is 15.8. The minimum absolute atomic E-state index is 0.0291. The zero-order chi connectivity index (χ0) is 18.8. The molecule has 1 aliphatic heterocycles. The van der Waals surface area contributed by atoms with Gasteiger partial charge in [0.1, 0.15) is 6.54 Å². The summed E-state index contributed by atoms with van der Waals surface area (Å²) in [5.74, 6) is -0.0665. The summed E-state index contributed by atoms with van der Waals surface area (Å²) in [4.78, 5) is 41.5. The van der Waals surface area contributed by atoms with Gasteiger partial charge in [-0.05, 0) is 42.8 Å². The van der Waals surface area contributed by atoms with E-state index in [9.17, 15) is 14.4 Å². The molecule has 0 aliphatic carbocycles. The van der Waals surface area contributed by atoms with Crippen molar-refractivity contribution >= 4 is 28.1 Å². The summed E-state index contributed by atoms with van der Waals surface area (Å²) < 4.78 is 2.71. The number of nitrogens with zero attached hydrogens (tertiary/aromatic N) is 3. The van der Waals surface area contributed by atoms with Gasteiger partial charge in [0.15, 0.2) is 0 Å². The monoisotopic (exact) mass is 383 g/mol. The van der Waals surface area contributed by atoms with E-state index < -0.39 is 5.69 Å². The van der Waals surface area contributed by atoms with E-state index in [1.165, 1.54) is 9.13 Å². The molecule has 2 aromatic heterocycles. The maximum atomic E-state index is 13.1. The average Bonchev–Trinajstić information content (AvgIpc) is 3.39. The number of aromatic nitrogens is 2. The molecule has 0 radical (unpaired) electrons. The second-order valence-electron chi connectivity index (χ2n) is 6.76. The molecular formula is C20H21N3O3S. The van der Waals surface area contributed by atoms with E-state index in [2.05, 4.69) is 0 Å². The number of carbonyl (C=O) groups is 1. The number of rotatable bonds is 5. The van der Waals surface area contributed by atoms with Crippen molar-refractivity contribution in [1.29, 1.82) is 0 Å². The van der Waals surface area contributed by atoms with Crippen LogP contribution in [0.1, 0.15) is 17.7 Å². The molecule has 1 aliphatic rings. The van der Waals surface area contributed by atoms with Crippen LogP contribution in [0.2, 0.25) is 0 Å². The number of fused-ring (bicyclic) bond motifs is 1. The lowest BCUT2D eigenvalue weighted by Crippen LogP contribution is -2.43. The van der Waals surface area contributed by atoms with E-state index in [1.54, 1.807) is 40.5 Å². The third-order valence-electron chi connectivity index (χ3n) is 5.05. The first-order valence-electron chi connectivity index (χ1n) is 9.17. The molecule has 3 heterocycles. The van der Waals surface area contributed by atoms with Gasteiger partial charge in [-0.3, -0.25) is 18.7 Å². The van der Waals surface area contributed by atoms with Crippen LogP contribution in [0.15, 0.2) is 51.4 Å². The van der Waals surface area contributed by atoms with Gasteiger partial charge in [-0.1, -0.05) is 18.2 Å². The summed E-state index contributed by atoms with van der Waals surface area (Å²) >= 11 is 1.60. The van der Waals surface area contributed by atoms with Crippen molar-refractivity contribution in [2.75, 3.05) is 13.1 Å². The molecule has 1 fully saturated rings. The van der Waals surface area contributed by atoms with Gasteiger partial charge in [0.25, 0.3) is 5.56 Å². The van der Waals surface area contributed by atoms with Gasteiger partial charge in [0.05, 0.1) is 10.9 Å². The summed E-state index contributed by atoms with van der Waals surface area (Å²) in [5.41, 5.74) is -0.188. The van der Waals surface area contributed by atoms with Crippen LogP contribution >= 0.6 is 11.3 Å². The third-order valence-corrected chi connectivity index (χ3v) is 5.98. The molecule has 3 aromatic rings. The summed E-state index contributed by atoms with van der Waals surface area (Å²) in [5, 5.41) is 2.45. The summed E-state index contributed by atoms with van der Waals surface area (Å²) in [7, 11) is 0. The van der Waals surface area contributed by atoms with Crippen molar-refractivity contribution in [2.45, 2.75) is 32.4 Å². The highest BCUT2D eigenvalue weighted by Crippen LogP contribution is 2.12. The van der Waals surface area contributed by atoms with Crippen LogP contribution < -0.4 is 11.2 Å². The number of para-hydroxylation sites is 1. The first kappa shape index (κ1) is 17.7. The number of hydrogen-bond acceptors (Lipinski definition) is 4. The van der Waals surface area contributed by atoms with Gasteiger partial charge in [-0.25, -0.2) is 4.79 Å². The first-order chi connectivity index (χ1) is 13.1. The van der Waals surface area contributed by atoms with Crippen LogP contribution in [0.25, 0.3) is 10.9 Å². The van der Waals surface area contributed by atoms with Crippen molar-refractivity contribution in [2.24, 2.45) is 0 Å². The van der Waals surface area contributed by atoms with Crippen molar-refractivity contribution in [3.63, 3.8) is 0 Å². The van der Waals surface area contributed by atoms with Crippen molar-refractivity contribution in [3.05, 3.63) is 67.5 Å². The van der Waals surface area contributed by atoms with Crippen LogP contribution in [0.5, 0.6) is 0 Å².